The molecule has 0 bridgehead atoms. The van der Waals surface area contributed by atoms with E-state index < -0.39 is 12.2 Å². The van der Waals surface area contributed by atoms with Crippen molar-refractivity contribution in [3.05, 3.63) is 23.3 Å². The van der Waals surface area contributed by atoms with Gasteiger partial charge in [-0.05, 0) is 11.5 Å². The number of benzene rings is 1. The van der Waals surface area contributed by atoms with Gasteiger partial charge >= 0.3 is 7.12 Å². The zero-order valence-corrected chi connectivity index (χ0v) is 8.65. The maximum Gasteiger partial charge on any atom is 0.493 e. The van der Waals surface area contributed by atoms with Crippen LogP contribution in [0, 0.1) is 5.13 Å². The van der Waals surface area contributed by atoms with Gasteiger partial charge in [-0.2, -0.15) is 4.39 Å². The highest BCUT2D eigenvalue weighted by Crippen LogP contribution is 2.28. The Kier molecular flexibility index (Phi) is 2.53. The molecule has 1 aromatic heterocycles. The molecule has 2 rings (SSSR count). The minimum Gasteiger partial charge on any atom is -0.423 e. The lowest BCUT2D eigenvalue weighted by Gasteiger charge is -1.97. The van der Waals surface area contributed by atoms with Gasteiger partial charge in [0.05, 0.1) is 4.70 Å². The molecule has 2 aromatic rings. The van der Waals surface area contributed by atoms with Gasteiger partial charge in [-0.3, -0.25) is 0 Å². The zero-order valence-electron chi connectivity index (χ0n) is 6.94. The average molecular weight is 228 g/mol. The van der Waals surface area contributed by atoms with E-state index in [1.807, 2.05) is 0 Å². The Labute approximate surface area is 89.6 Å². The predicted octanol–water partition coefficient (Wildman–Crippen LogP) is 1.01. The molecule has 0 fully saturated rings. The molecule has 1 aromatic carbocycles. The maximum atomic E-state index is 13.3. The first kappa shape index (κ1) is 9.98. The van der Waals surface area contributed by atoms with Crippen LogP contribution in [0.4, 0.5) is 4.39 Å². The first-order valence-electron chi connectivity index (χ1n) is 3.87. The lowest BCUT2D eigenvalue weighted by atomic mass is 9.80. The van der Waals surface area contributed by atoms with Gasteiger partial charge in [0.15, 0.2) is 5.13 Å². The lowest BCUT2D eigenvalue weighted by molar-refractivity contribution is 0.424. The van der Waals surface area contributed by atoms with Gasteiger partial charge in [0.25, 0.3) is 0 Å². The summed E-state index contributed by atoms with van der Waals surface area (Å²) in [6.45, 7) is 0. The molecule has 0 unspecified atom stereocenters. The SMILES string of the molecule is OB(O)c1c(F)sc2c(S)cccc12. The summed E-state index contributed by atoms with van der Waals surface area (Å²) in [5.74, 6) is 0. The molecule has 1 heterocycles. The Morgan fingerprint density at radius 1 is 1.36 bits per heavy atom. The second kappa shape index (κ2) is 3.54. The molecular weight excluding hydrogens is 222 g/mol. The van der Waals surface area contributed by atoms with E-state index in [0.29, 0.717) is 15.0 Å². The maximum absolute atomic E-state index is 13.3. The number of rotatable bonds is 1. The quantitative estimate of drug-likeness (QED) is 0.503. The standard InChI is InChI=1S/C8H6BFO2S2/c10-8-6(9(11)12)4-2-1-3-5(13)7(4)14-8/h1-3,11-13H. The molecule has 14 heavy (non-hydrogen) atoms. The van der Waals surface area contributed by atoms with E-state index in [-0.39, 0.29) is 5.46 Å². The fourth-order valence-electron chi connectivity index (χ4n) is 1.34. The van der Waals surface area contributed by atoms with Crippen molar-refractivity contribution in [1.29, 1.82) is 0 Å². The summed E-state index contributed by atoms with van der Waals surface area (Å²) in [5, 5.41) is 17.9. The van der Waals surface area contributed by atoms with Crippen molar-refractivity contribution in [3.8, 4) is 0 Å². The minimum absolute atomic E-state index is 0.0686. The van der Waals surface area contributed by atoms with Crippen LogP contribution in [0.2, 0.25) is 0 Å². The highest BCUT2D eigenvalue weighted by Gasteiger charge is 2.23. The smallest absolute Gasteiger partial charge is 0.423 e. The molecule has 0 spiro atoms. The monoisotopic (exact) mass is 228 g/mol. The summed E-state index contributed by atoms with van der Waals surface area (Å²) in [4.78, 5) is 0.637. The number of hydrogen-bond donors (Lipinski definition) is 3. The van der Waals surface area contributed by atoms with Crippen LogP contribution < -0.4 is 5.46 Å². The summed E-state index contributed by atoms with van der Waals surface area (Å²) >= 11 is 5.03. The Hall–Kier alpha value is -0.555. The molecular formula is C8H6BFO2S2. The second-order valence-electron chi connectivity index (χ2n) is 2.82. The largest absolute Gasteiger partial charge is 0.493 e. The van der Waals surface area contributed by atoms with Crippen molar-refractivity contribution in [3.63, 3.8) is 0 Å². The molecule has 0 atom stereocenters. The lowest BCUT2D eigenvalue weighted by Crippen LogP contribution is -2.31. The van der Waals surface area contributed by atoms with Crippen LogP contribution in [0.25, 0.3) is 10.1 Å². The molecule has 2 nitrogen and oxygen atoms in total. The molecule has 0 aliphatic carbocycles. The fraction of sp³-hybridized carbons (Fsp3) is 0. The van der Waals surface area contributed by atoms with Crippen LogP contribution in [0.3, 0.4) is 0 Å². The van der Waals surface area contributed by atoms with Crippen LogP contribution in [0.15, 0.2) is 23.1 Å². The van der Waals surface area contributed by atoms with Crippen molar-refractivity contribution in [2.75, 3.05) is 0 Å². The third kappa shape index (κ3) is 1.44. The third-order valence-corrected chi connectivity index (χ3v) is 3.51. The number of fused-ring (bicyclic) bond motifs is 1. The first-order chi connectivity index (χ1) is 6.61. The van der Waals surface area contributed by atoms with Crippen LogP contribution in [0.1, 0.15) is 0 Å². The Bertz CT molecular complexity index is 483. The molecule has 0 radical (unpaired) electrons. The van der Waals surface area contributed by atoms with Gasteiger partial charge in [0, 0.05) is 10.4 Å². The van der Waals surface area contributed by atoms with E-state index >= 15 is 0 Å². The normalized spacial score (nSPS) is 10.9. The van der Waals surface area contributed by atoms with E-state index in [1.165, 1.54) is 0 Å². The Balaban J connectivity index is 2.83. The molecule has 0 aliphatic heterocycles. The summed E-state index contributed by atoms with van der Waals surface area (Å²) < 4.78 is 13.9. The number of hydrogen-bond acceptors (Lipinski definition) is 4. The van der Waals surface area contributed by atoms with Crippen LogP contribution >= 0.6 is 24.0 Å². The second-order valence-corrected chi connectivity index (χ2v) is 4.27. The molecule has 72 valence electrons. The minimum atomic E-state index is -1.78. The van der Waals surface area contributed by atoms with Crippen LogP contribution in [-0.2, 0) is 0 Å². The summed E-state index contributed by atoms with van der Waals surface area (Å²) in [5.41, 5.74) is -0.0686. The molecule has 0 amide bonds. The molecule has 6 heteroatoms. The third-order valence-electron chi connectivity index (χ3n) is 1.95. The number of thiophene rings is 1. The van der Waals surface area contributed by atoms with Gasteiger partial charge in [-0.25, -0.2) is 0 Å². The highest BCUT2D eigenvalue weighted by molar-refractivity contribution is 7.80. The first-order valence-corrected chi connectivity index (χ1v) is 5.13. The van der Waals surface area contributed by atoms with E-state index in [2.05, 4.69) is 12.6 Å². The Morgan fingerprint density at radius 3 is 2.71 bits per heavy atom. The highest BCUT2D eigenvalue weighted by atomic mass is 32.1. The number of halogens is 1. The van der Waals surface area contributed by atoms with Crippen molar-refractivity contribution < 1.29 is 14.4 Å². The average Bonchev–Trinajstić information content (AvgIpc) is 2.42. The predicted molar refractivity (Wildman–Crippen MR) is 58.9 cm³/mol. The number of thiol groups is 1. The van der Waals surface area contributed by atoms with Crippen LogP contribution in [-0.4, -0.2) is 17.2 Å². The van der Waals surface area contributed by atoms with Gasteiger partial charge in [0.1, 0.15) is 0 Å². The fourth-order valence-corrected chi connectivity index (χ4v) is 2.64. The van der Waals surface area contributed by atoms with E-state index in [9.17, 15) is 4.39 Å². The van der Waals surface area contributed by atoms with E-state index in [1.54, 1.807) is 18.2 Å². The molecule has 0 aliphatic rings. The van der Waals surface area contributed by atoms with Crippen molar-refractivity contribution in [2.45, 2.75) is 4.90 Å². The summed E-state index contributed by atoms with van der Waals surface area (Å²) in [6, 6.07) is 5.07. The van der Waals surface area contributed by atoms with Crippen molar-refractivity contribution >= 4 is 46.6 Å². The molecule has 2 N–H and O–H groups in total. The van der Waals surface area contributed by atoms with Crippen molar-refractivity contribution in [1.82, 2.24) is 0 Å². The Morgan fingerprint density at radius 2 is 2.07 bits per heavy atom. The topological polar surface area (TPSA) is 40.5 Å². The van der Waals surface area contributed by atoms with Gasteiger partial charge in [0.2, 0.25) is 0 Å². The van der Waals surface area contributed by atoms with E-state index in [0.717, 1.165) is 11.3 Å². The zero-order chi connectivity index (χ0) is 10.3. The van der Waals surface area contributed by atoms with Gasteiger partial charge < -0.3 is 10.0 Å². The van der Waals surface area contributed by atoms with Crippen LogP contribution in [0.5, 0.6) is 0 Å². The summed E-state index contributed by atoms with van der Waals surface area (Å²) in [7, 11) is -1.78. The molecule has 0 saturated carbocycles. The van der Waals surface area contributed by atoms with E-state index in [4.69, 9.17) is 10.0 Å². The van der Waals surface area contributed by atoms with Gasteiger partial charge in [-0.1, -0.05) is 12.1 Å². The van der Waals surface area contributed by atoms with Crippen molar-refractivity contribution in [2.24, 2.45) is 0 Å². The molecule has 0 saturated heterocycles. The van der Waals surface area contributed by atoms with Gasteiger partial charge in [-0.15, -0.1) is 24.0 Å². The summed E-state index contributed by atoms with van der Waals surface area (Å²) in [6.07, 6.45) is 0.